The molecule has 1 aromatic carbocycles. The van der Waals surface area contributed by atoms with Crippen LogP contribution in [0.15, 0.2) is 29.2 Å². The largest absolute Gasteiger partial charge is 0.381 e. The van der Waals surface area contributed by atoms with Gasteiger partial charge < -0.3 is 4.74 Å². The van der Waals surface area contributed by atoms with E-state index in [1.165, 1.54) is 12.1 Å². The predicted octanol–water partition coefficient (Wildman–Crippen LogP) is 1.97. The maximum Gasteiger partial charge on any atom is 0.124 e. The van der Waals surface area contributed by atoms with E-state index in [1.54, 1.807) is 19.2 Å². The van der Waals surface area contributed by atoms with Gasteiger partial charge in [0.05, 0.1) is 22.7 Å². The van der Waals surface area contributed by atoms with E-state index in [2.05, 4.69) is 0 Å². The van der Waals surface area contributed by atoms with Gasteiger partial charge in [-0.3, -0.25) is 4.21 Å². The maximum atomic E-state index is 12.8. The van der Waals surface area contributed by atoms with Crippen LogP contribution < -0.4 is 0 Å². The van der Waals surface area contributed by atoms with Crippen LogP contribution in [0.5, 0.6) is 0 Å². The summed E-state index contributed by atoms with van der Waals surface area (Å²) in [5, 5.41) is 0. The molecule has 4 heteroatoms. The van der Waals surface area contributed by atoms with Crippen molar-refractivity contribution >= 4 is 10.8 Å². The summed E-state index contributed by atoms with van der Waals surface area (Å²) in [6.45, 7) is 1.83. The predicted molar refractivity (Wildman–Crippen MR) is 54.1 cm³/mol. The minimum Gasteiger partial charge on any atom is -0.381 e. The Kier molecular flexibility index (Phi) is 4.22. The third-order valence-electron chi connectivity index (χ3n) is 1.85. The number of methoxy groups -OCH3 is 1. The van der Waals surface area contributed by atoms with Gasteiger partial charge in [0.2, 0.25) is 0 Å². The Morgan fingerprint density at radius 1 is 1.57 bits per heavy atom. The average Bonchev–Trinajstić information content (AvgIpc) is 2.17. The minimum absolute atomic E-state index is 0.0842. The molecular formula is C10H13FO2S. The fourth-order valence-electron chi connectivity index (χ4n) is 0.986. The number of hydrogen-bond donors (Lipinski definition) is 0. The number of benzene rings is 1. The molecular weight excluding hydrogens is 203 g/mol. The Morgan fingerprint density at radius 2 is 2.29 bits per heavy atom. The van der Waals surface area contributed by atoms with E-state index < -0.39 is 10.8 Å². The van der Waals surface area contributed by atoms with Gasteiger partial charge in [-0.1, -0.05) is 6.07 Å². The van der Waals surface area contributed by atoms with Crippen LogP contribution in [0, 0.1) is 5.82 Å². The summed E-state index contributed by atoms with van der Waals surface area (Å²) in [4.78, 5) is 0.508. The summed E-state index contributed by atoms with van der Waals surface area (Å²) in [6, 6.07) is 5.83. The molecule has 0 aromatic heterocycles. The molecule has 0 aliphatic heterocycles. The van der Waals surface area contributed by atoms with Crippen molar-refractivity contribution in [3.05, 3.63) is 30.1 Å². The fourth-order valence-corrected chi connectivity index (χ4v) is 2.22. The van der Waals surface area contributed by atoms with Gasteiger partial charge in [0.1, 0.15) is 5.82 Å². The third-order valence-corrected chi connectivity index (χ3v) is 3.40. The normalized spacial score (nSPS) is 15.1. The van der Waals surface area contributed by atoms with Crippen LogP contribution in [0.25, 0.3) is 0 Å². The lowest BCUT2D eigenvalue weighted by atomic mass is 10.4. The summed E-state index contributed by atoms with van der Waals surface area (Å²) in [6.07, 6.45) is -0.0842. The van der Waals surface area contributed by atoms with Crippen molar-refractivity contribution in [3.8, 4) is 0 Å². The van der Waals surface area contributed by atoms with Gasteiger partial charge in [0.15, 0.2) is 0 Å². The first-order chi connectivity index (χ1) is 6.63. The lowest BCUT2D eigenvalue weighted by Gasteiger charge is -2.08. The van der Waals surface area contributed by atoms with Gasteiger partial charge in [0, 0.05) is 12.0 Å². The van der Waals surface area contributed by atoms with Gasteiger partial charge in [-0.05, 0) is 25.1 Å². The molecule has 0 fully saturated rings. The van der Waals surface area contributed by atoms with E-state index in [0.717, 1.165) is 0 Å². The maximum absolute atomic E-state index is 12.8. The molecule has 0 radical (unpaired) electrons. The second-order valence-electron chi connectivity index (χ2n) is 3.02. The summed E-state index contributed by atoms with van der Waals surface area (Å²) in [7, 11) is 0.374. The standard InChI is InChI=1S/C10H13FO2S/c1-8(13-2)7-14(12)10-5-3-4-9(11)6-10/h3-6,8H,7H2,1-2H3. The molecule has 2 nitrogen and oxygen atoms in total. The van der Waals surface area contributed by atoms with E-state index in [9.17, 15) is 8.60 Å². The summed E-state index contributed by atoms with van der Waals surface area (Å²) in [5.74, 6) is 0.0286. The summed E-state index contributed by atoms with van der Waals surface area (Å²) >= 11 is 0. The quantitative estimate of drug-likeness (QED) is 0.769. The highest BCUT2D eigenvalue weighted by molar-refractivity contribution is 7.85. The Hall–Kier alpha value is -0.740. The molecule has 0 heterocycles. The second-order valence-corrected chi connectivity index (χ2v) is 4.51. The van der Waals surface area contributed by atoms with Crippen LogP contribution in [0.4, 0.5) is 4.39 Å². The molecule has 0 amide bonds. The molecule has 0 saturated carbocycles. The van der Waals surface area contributed by atoms with Gasteiger partial charge in [0.25, 0.3) is 0 Å². The van der Waals surface area contributed by atoms with Gasteiger partial charge in [-0.15, -0.1) is 0 Å². The van der Waals surface area contributed by atoms with Gasteiger partial charge >= 0.3 is 0 Å². The first-order valence-corrected chi connectivity index (χ1v) is 5.62. The van der Waals surface area contributed by atoms with Crippen LogP contribution in [0.3, 0.4) is 0 Å². The van der Waals surface area contributed by atoms with Crippen molar-refractivity contribution in [3.63, 3.8) is 0 Å². The topological polar surface area (TPSA) is 26.3 Å². The Balaban J connectivity index is 2.70. The number of ether oxygens (including phenoxy) is 1. The highest BCUT2D eigenvalue weighted by atomic mass is 32.2. The Bertz CT molecular complexity index is 328. The summed E-state index contributed by atoms with van der Waals surface area (Å²) in [5.41, 5.74) is 0. The lowest BCUT2D eigenvalue weighted by Crippen LogP contribution is -2.15. The first-order valence-electron chi connectivity index (χ1n) is 4.30. The van der Waals surface area contributed by atoms with Crippen LogP contribution >= 0.6 is 0 Å². The van der Waals surface area contributed by atoms with E-state index in [4.69, 9.17) is 4.74 Å². The molecule has 2 atom stereocenters. The zero-order valence-corrected chi connectivity index (χ0v) is 9.01. The van der Waals surface area contributed by atoms with E-state index >= 15 is 0 Å². The van der Waals surface area contributed by atoms with E-state index in [0.29, 0.717) is 10.6 Å². The van der Waals surface area contributed by atoms with Crippen LogP contribution in [-0.2, 0) is 15.5 Å². The number of halogens is 1. The molecule has 2 unspecified atom stereocenters. The molecule has 78 valence electrons. The SMILES string of the molecule is COC(C)CS(=O)c1cccc(F)c1. The highest BCUT2D eigenvalue weighted by Crippen LogP contribution is 2.10. The van der Waals surface area contributed by atoms with Crippen molar-refractivity contribution < 1.29 is 13.3 Å². The van der Waals surface area contributed by atoms with Crippen molar-refractivity contribution in [1.82, 2.24) is 0 Å². The first kappa shape index (κ1) is 11.3. The van der Waals surface area contributed by atoms with Crippen LogP contribution in [0.2, 0.25) is 0 Å². The highest BCUT2D eigenvalue weighted by Gasteiger charge is 2.09. The Labute approximate surface area is 85.5 Å². The molecule has 0 N–H and O–H groups in total. The number of rotatable bonds is 4. The van der Waals surface area contributed by atoms with Crippen molar-refractivity contribution in [1.29, 1.82) is 0 Å². The van der Waals surface area contributed by atoms with E-state index in [-0.39, 0.29) is 11.9 Å². The van der Waals surface area contributed by atoms with Gasteiger partial charge in [-0.25, -0.2) is 4.39 Å². The number of hydrogen-bond acceptors (Lipinski definition) is 2. The zero-order valence-electron chi connectivity index (χ0n) is 8.20. The van der Waals surface area contributed by atoms with Crippen molar-refractivity contribution in [2.24, 2.45) is 0 Å². The van der Waals surface area contributed by atoms with Crippen LogP contribution in [0.1, 0.15) is 6.92 Å². The van der Waals surface area contributed by atoms with Crippen molar-refractivity contribution in [2.45, 2.75) is 17.9 Å². The summed E-state index contributed by atoms with van der Waals surface area (Å²) < 4.78 is 29.4. The van der Waals surface area contributed by atoms with Crippen LogP contribution in [-0.4, -0.2) is 23.2 Å². The minimum atomic E-state index is -1.19. The lowest BCUT2D eigenvalue weighted by molar-refractivity contribution is 0.137. The van der Waals surface area contributed by atoms with Crippen molar-refractivity contribution in [2.75, 3.05) is 12.9 Å². The molecule has 1 rings (SSSR count). The molecule has 0 aliphatic carbocycles. The fraction of sp³-hybridized carbons (Fsp3) is 0.400. The molecule has 0 bridgehead atoms. The Morgan fingerprint density at radius 3 is 2.86 bits per heavy atom. The molecule has 0 aliphatic rings. The molecule has 1 aromatic rings. The van der Waals surface area contributed by atoms with E-state index in [1.807, 2.05) is 6.92 Å². The third kappa shape index (κ3) is 3.20. The smallest absolute Gasteiger partial charge is 0.124 e. The molecule has 0 spiro atoms. The second kappa shape index (κ2) is 5.22. The van der Waals surface area contributed by atoms with Gasteiger partial charge in [-0.2, -0.15) is 0 Å². The zero-order chi connectivity index (χ0) is 10.6. The molecule has 14 heavy (non-hydrogen) atoms. The molecule has 0 saturated heterocycles. The monoisotopic (exact) mass is 216 g/mol. The average molecular weight is 216 g/mol.